The van der Waals surface area contributed by atoms with Gasteiger partial charge in [0.1, 0.15) is 24.2 Å². The molecule has 0 aliphatic carbocycles. The third-order valence-electron chi connectivity index (χ3n) is 6.76. The first kappa shape index (κ1) is 31.1. The number of nitrogens with two attached hydrogens (primary N) is 1. The van der Waals surface area contributed by atoms with Crippen molar-refractivity contribution in [1.82, 2.24) is 24.0 Å². The van der Waals surface area contributed by atoms with Gasteiger partial charge in [0.25, 0.3) is 0 Å². The predicted octanol–water partition coefficient (Wildman–Crippen LogP) is 4.02. The summed E-state index contributed by atoms with van der Waals surface area (Å²) in [6.07, 6.45) is 2.75. The van der Waals surface area contributed by atoms with Crippen molar-refractivity contribution in [2.24, 2.45) is 0 Å². The van der Waals surface area contributed by atoms with E-state index in [1.165, 1.54) is 12.7 Å². The maximum atomic E-state index is 14.3. The standard InChI is InChI=1S/C22H40N6O8P2/c1-6-11-22(7-2,8-3)36-38(32,28(9-4)37(30,31)33-10-5)34-13-17-16(29)12-18(35-17)27-15-26-19-20(23)24-14-25-21(19)27/h14-18,29H,6-13H2,1-5H3,(H,30,31)(H2,23,24,25)/t16-,17+,18+,38?/m0/s1. The number of fused-ring (bicyclic) bond motifs is 1. The molecule has 1 fully saturated rings. The molecular weight excluding hydrogens is 538 g/mol. The Labute approximate surface area is 223 Å². The summed E-state index contributed by atoms with van der Waals surface area (Å²) in [6, 6.07) is 0. The van der Waals surface area contributed by atoms with E-state index in [1.54, 1.807) is 18.4 Å². The van der Waals surface area contributed by atoms with Gasteiger partial charge in [0.15, 0.2) is 11.5 Å². The Morgan fingerprint density at radius 3 is 2.50 bits per heavy atom. The summed E-state index contributed by atoms with van der Waals surface area (Å²) in [5.41, 5.74) is 5.87. The maximum Gasteiger partial charge on any atom is 0.418 e. The second kappa shape index (κ2) is 12.8. The Morgan fingerprint density at radius 1 is 1.18 bits per heavy atom. The summed E-state index contributed by atoms with van der Waals surface area (Å²) in [6.45, 7) is 8.33. The fourth-order valence-electron chi connectivity index (χ4n) is 4.63. The van der Waals surface area contributed by atoms with Gasteiger partial charge in [0, 0.05) is 13.0 Å². The van der Waals surface area contributed by atoms with Crippen LogP contribution in [-0.2, 0) is 27.4 Å². The molecule has 0 spiro atoms. The summed E-state index contributed by atoms with van der Waals surface area (Å²) in [5, 5.41) is 10.8. The van der Waals surface area contributed by atoms with E-state index in [4.69, 9.17) is 24.0 Å². The molecule has 0 radical (unpaired) electrons. The molecule has 2 unspecified atom stereocenters. The number of nitrogens with zero attached hydrogens (tertiary/aromatic N) is 5. The molecule has 16 heteroatoms. The molecule has 0 bridgehead atoms. The van der Waals surface area contributed by atoms with Crippen molar-refractivity contribution >= 4 is 32.5 Å². The van der Waals surface area contributed by atoms with Gasteiger partial charge < -0.3 is 20.5 Å². The van der Waals surface area contributed by atoms with Crippen molar-refractivity contribution in [1.29, 1.82) is 0 Å². The fourth-order valence-corrected chi connectivity index (χ4v) is 8.78. The number of nitrogen functional groups attached to an aromatic ring is 1. The van der Waals surface area contributed by atoms with E-state index in [1.807, 2.05) is 20.8 Å². The Bertz CT molecular complexity index is 1160. The average Bonchev–Trinajstić information content (AvgIpc) is 3.46. The van der Waals surface area contributed by atoms with Crippen LogP contribution in [0.3, 0.4) is 0 Å². The van der Waals surface area contributed by atoms with E-state index in [-0.39, 0.29) is 32.0 Å². The molecule has 4 N–H and O–H groups in total. The minimum Gasteiger partial charge on any atom is -0.390 e. The maximum absolute atomic E-state index is 14.3. The van der Waals surface area contributed by atoms with E-state index in [9.17, 15) is 19.1 Å². The van der Waals surface area contributed by atoms with Crippen LogP contribution in [0.5, 0.6) is 0 Å². The van der Waals surface area contributed by atoms with Crippen LogP contribution in [0.2, 0.25) is 0 Å². The minimum absolute atomic E-state index is 0.0784. The van der Waals surface area contributed by atoms with Crippen LogP contribution in [-0.4, -0.2) is 71.5 Å². The largest absolute Gasteiger partial charge is 0.418 e. The van der Waals surface area contributed by atoms with Crippen LogP contribution in [0.15, 0.2) is 12.7 Å². The molecule has 1 aliphatic heterocycles. The Kier molecular flexibility index (Phi) is 10.5. The molecule has 38 heavy (non-hydrogen) atoms. The van der Waals surface area contributed by atoms with Gasteiger partial charge in [0.05, 0.1) is 31.2 Å². The minimum atomic E-state index is -4.53. The Hall–Kier alpha value is -1.47. The number of aliphatic hydroxyl groups is 1. The summed E-state index contributed by atoms with van der Waals surface area (Å²) in [7, 11) is -8.95. The van der Waals surface area contributed by atoms with E-state index >= 15 is 0 Å². The van der Waals surface area contributed by atoms with Crippen LogP contribution in [0, 0.1) is 0 Å². The highest BCUT2D eigenvalue weighted by molar-refractivity contribution is 7.66. The zero-order valence-electron chi connectivity index (χ0n) is 22.6. The molecule has 1 aliphatic rings. The molecular formula is C22H40N6O8P2. The summed E-state index contributed by atoms with van der Waals surface area (Å²) in [5.74, 6) is 0.218. The van der Waals surface area contributed by atoms with Crippen LogP contribution in [0.1, 0.15) is 73.0 Å². The molecule has 216 valence electrons. The lowest BCUT2D eigenvalue weighted by atomic mass is 9.92. The SMILES string of the molecule is CCCC(CC)(CC)OP(=O)(OC[C@H]1O[C@@H](n2cnc3c(N)ncnc32)C[C@@H]1O)N(CC)P(=O)(O)OCC. The second-order valence-corrected chi connectivity index (χ2v) is 13.0. The number of imidazole rings is 1. The second-order valence-electron chi connectivity index (χ2n) is 9.11. The first-order valence-corrected chi connectivity index (χ1v) is 16.0. The highest BCUT2D eigenvalue weighted by atomic mass is 31.3. The van der Waals surface area contributed by atoms with Crippen LogP contribution in [0.4, 0.5) is 5.82 Å². The molecule has 14 nitrogen and oxygen atoms in total. The van der Waals surface area contributed by atoms with Crippen molar-refractivity contribution < 1.29 is 37.4 Å². The molecule has 5 atom stereocenters. The lowest BCUT2D eigenvalue weighted by molar-refractivity contribution is -0.0493. The van der Waals surface area contributed by atoms with Gasteiger partial charge in [-0.25, -0.2) is 24.1 Å². The third kappa shape index (κ3) is 6.46. The lowest BCUT2D eigenvalue weighted by Crippen LogP contribution is -2.35. The van der Waals surface area contributed by atoms with Gasteiger partial charge in [-0.1, -0.05) is 34.1 Å². The number of aliphatic hydroxyl groups excluding tert-OH is 1. The normalized spacial score (nSPS) is 23.6. The Morgan fingerprint density at radius 2 is 1.89 bits per heavy atom. The number of anilines is 1. The number of hydrogen-bond donors (Lipinski definition) is 3. The van der Waals surface area contributed by atoms with Gasteiger partial charge in [-0.2, -0.15) is 0 Å². The Balaban J connectivity index is 1.87. The molecule has 0 saturated carbocycles. The van der Waals surface area contributed by atoms with Crippen molar-refractivity contribution in [3.8, 4) is 0 Å². The van der Waals surface area contributed by atoms with Crippen molar-refractivity contribution in [2.45, 2.75) is 90.8 Å². The fraction of sp³-hybridized carbons (Fsp3) is 0.773. The smallest absolute Gasteiger partial charge is 0.390 e. The van der Waals surface area contributed by atoms with E-state index < -0.39 is 39.5 Å². The topological polar surface area (TPSA) is 184 Å². The monoisotopic (exact) mass is 578 g/mol. The van der Waals surface area contributed by atoms with Crippen LogP contribution >= 0.6 is 15.5 Å². The molecule has 3 heterocycles. The van der Waals surface area contributed by atoms with Crippen LogP contribution in [0.25, 0.3) is 11.2 Å². The quantitative estimate of drug-likeness (QED) is 0.258. The third-order valence-corrected chi connectivity index (χ3v) is 11.5. The van der Waals surface area contributed by atoms with Crippen molar-refractivity contribution in [2.75, 3.05) is 25.5 Å². The van der Waals surface area contributed by atoms with Crippen molar-refractivity contribution in [3.05, 3.63) is 12.7 Å². The van der Waals surface area contributed by atoms with Gasteiger partial charge >= 0.3 is 15.5 Å². The first-order chi connectivity index (χ1) is 18.0. The van der Waals surface area contributed by atoms with Gasteiger partial charge in [-0.3, -0.25) is 18.1 Å². The molecule has 2 aromatic heterocycles. The first-order valence-electron chi connectivity index (χ1n) is 13.0. The molecule has 2 aromatic rings. The molecule has 3 rings (SSSR count). The molecule has 0 amide bonds. The van der Waals surface area contributed by atoms with E-state index in [0.717, 1.165) is 10.9 Å². The summed E-state index contributed by atoms with van der Waals surface area (Å²) >= 11 is 0. The van der Waals surface area contributed by atoms with Gasteiger partial charge in [-0.05, 0) is 26.2 Å². The predicted molar refractivity (Wildman–Crippen MR) is 141 cm³/mol. The highest BCUT2D eigenvalue weighted by Gasteiger charge is 2.50. The van der Waals surface area contributed by atoms with E-state index in [0.29, 0.717) is 30.4 Å². The number of ether oxygens (including phenoxy) is 1. The van der Waals surface area contributed by atoms with E-state index in [2.05, 4.69) is 15.0 Å². The average molecular weight is 579 g/mol. The summed E-state index contributed by atoms with van der Waals surface area (Å²) in [4.78, 5) is 23.0. The zero-order chi connectivity index (χ0) is 28.1. The summed E-state index contributed by atoms with van der Waals surface area (Å²) < 4.78 is 52.9. The van der Waals surface area contributed by atoms with Gasteiger partial charge in [-0.15, -0.1) is 4.44 Å². The molecule has 1 saturated heterocycles. The lowest BCUT2D eigenvalue weighted by Gasteiger charge is -2.39. The van der Waals surface area contributed by atoms with Crippen LogP contribution < -0.4 is 5.73 Å². The van der Waals surface area contributed by atoms with Gasteiger partial charge in [0.2, 0.25) is 0 Å². The zero-order valence-corrected chi connectivity index (χ0v) is 24.4. The van der Waals surface area contributed by atoms with Crippen molar-refractivity contribution in [3.63, 3.8) is 0 Å². The number of aromatic nitrogens is 4. The highest BCUT2D eigenvalue weighted by Crippen LogP contribution is 2.68. The molecule has 0 aromatic carbocycles. The number of hydrogen-bond acceptors (Lipinski definition) is 11. The number of rotatable bonds is 15.